The Morgan fingerprint density at radius 3 is 2.78 bits per heavy atom. The Hall–Kier alpha value is -1.88. The average Bonchev–Trinajstić information content (AvgIpc) is 3.10. The molecule has 2 atom stereocenters. The van der Waals surface area contributed by atoms with Crippen molar-refractivity contribution in [3.63, 3.8) is 0 Å². The molecule has 2 aromatic rings. The summed E-state index contributed by atoms with van der Waals surface area (Å²) in [6.45, 7) is 0. The molecule has 1 amide bonds. The fourth-order valence-electron chi connectivity index (χ4n) is 2.74. The van der Waals surface area contributed by atoms with E-state index in [-0.39, 0.29) is 10.9 Å². The molecule has 4 rings (SSSR count). The topological polar surface area (TPSA) is 50.2 Å². The maximum Gasteiger partial charge on any atom is 0.272 e. The normalized spacial score (nSPS) is 52.3. The first-order valence-electron chi connectivity index (χ1n) is 13.6. The number of amides is 1. The molecule has 2 aliphatic rings. The SMILES string of the molecule is [2H]c1c([2H])c([2H])c2c(c(C(=O)NC3([2H])C[C@]4([2H])N(C)[C@@]([2H])(C3)C([2H])([2H])C([2H])([2H])C4([2H])[2H])nn2C)c1[2H]. The van der Waals surface area contributed by atoms with Crippen LogP contribution in [0.3, 0.4) is 0 Å². The summed E-state index contributed by atoms with van der Waals surface area (Å²) < 4.78 is 109. The van der Waals surface area contributed by atoms with Gasteiger partial charge in [-0.25, -0.2) is 0 Å². The summed E-state index contributed by atoms with van der Waals surface area (Å²) in [7, 11) is 2.48. The smallest absolute Gasteiger partial charge is 0.272 e. The number of aromatic nitrogens is 2. The van der Waals surface area contributed by atoms with Crippen LogP contribution >= 0.6 is 0 Å². The van der Waals surface area contributed by atoms with E-state index in [2.05, 4.69) is 10.4 Å². The molecule has 5 heteroatoms. The van der Waals surface area contributed by atoms with Crippen molar-refractivity contribution in [3.8, 4) is 0 Å². The Morgan fingerprint density at radius 1 is 1.35 bits per heavy atom. The second kappa shape index (κ2) is 5.64. The molecule has 1 aromatic carbocycles. The van der Waals surface area contributed by atoms with Crippen molar-refractivity contribution in [2.45, 2.75) is 50.0 Å². The number of carbonyl (C=O) groups is 1. The maximum atomic E-state index is 13.3. The summed E-state index contributed by atoms with van der Waals surface area (Å²) in [6, 6.07) is -9.68. The molecular formula is C18H24N4O. The zero-order chi connectivity index (χ0) is 27.6. The molecule has 2 fully saturated rings. The number of nitrogens with one attached hydrogen (secondary N) is 1. The zero-order valence-electron chi connectivity index (χ0n) is 25.7. The van der Waals surface area contributed by atoms with Crippen LogP contribution < -0.4 is 5.32 Å². The Balaban J connectivity index is 1.83. The predicted molar refractivity (Wildman–Crippen MR) is 90.4 cm³/mol. The van der Waals surface area contributed by atoms with Crippen LogP contribution in [-0.2, 0) is 7.05 Å². The minimum atomic E-state index is -3.28. The molecule has 2 saturated heterocycles. The first kappa shape index (κ1) is 6.20. The average molecular weight is 325 g/mol. The number of rotatable bonds is 2. The number of benzene rings is 1. The van der Waals surface area contributed by atoms with E-state index in [1.54, 1.807) is 0 Å². The van der Waals surface area contributed by atoms with E-state index in [1.807, 2.05) is 0 Å². The van der Waals surface area contributed by atoms with E-state index in [9.17, 15) is 4.79 Å². The van der Waals surface area contributed by atoms with Gasteiger partial charge >= 0.3 is 0 Å². The number of aryl methyl sites for hydroxylation is 1. The lowest BCUT2D eigenvalue weighted by Gasteiger charge is -2.47. The van der Waals surface area contributed by atoms with Crippen molar-refractivity contribution in [1.82, 2.24) is 20.0 Å². The molecule has 23 heavy (non-hydrogen) atoms. The number of hydrogen-bond acceptors (Lipinski definition) is 3. The molecule has 0 unspecified atom stereocenters. The van der Waals surface area contributed by atoms with Crippen molar-refractivity contribution in [2.24, 2.45) is 7.05 Å². The van der Waals surface area contributed by atoms with Gasteiger partial charge in [0.15, 0.2) is 5.69 Å². The van der Waals surface area contributed by atoms with Crippen molar-refractivity contribution in [2.75, 3.05) is 7.05 Å². The molecule has 0 radical (unpaired) electrons. The van der Waals surface area contributed by atoms with E-state index in [4.69, 9.17) is 17.8 Å². The largest absolute Gasteiger partial charge is 0.348 e. The Morgan fingerprint density at radius 2 is 2.04 bits per heavy atom. The van der Waals surface area contributed by atoms with Gasteiger partial charge in [-0.1, -0.05) is 24.5 Å². The number of para-hydroxylation sites is 1. The van der Waals surface area contributed by atoms with Crippen LogP contribution in [-0.4, -0.2) is 45.7 Å². The van der Waals surface area contributed by atoms with E-state index < -0.39 is 85.8 Å². The second-order valence-electron chi connectivity index (χ2n) is 5.43. The fourth-order valence-corrected chi connectivity index (χ4v) is 2.74. The van der Waals surface area contributed by atoms with Gasteiger partial charge in [0.1, 0.15) is 0 Å². The predicted octanol–water partition coefficient (Wildman–Crippen LogP) is 2.32. The van der Waals surface area contributed by atoms with Gasteiger partial charge in [0.05, 0.1) is 12.4 Å². The van der Waals surface area contributed by atoms with Gasteiger partial charge < -0.3 is 10.2 Å². The summed E-state index contributed by atoms with van der Waals surface area (Å²) in [4.78, 5) is 14.1. The van der Waals surface area contributed by atoms with Crippen molar-refractivity contribution in [1.29, 1.82) is 0 Å². The van der Waals surface area contributed by atoms with Gasteiger partial charge in [0, 0.05) is 41.5 Å². The highest BCUT2D eigenvalue weighted by Crippen LogP contribution is 2.32. The number of carbonyl (C=O) groups excluding carboxylic acids is 1. The Bertz CT molecular complexity index is 1280. The monoisotopic (exact) mass is 325 g/mol. The van der Waals surface area contributed by atoms with Crippen LogP contribution in [0.1, 0.15) is 60.3 Å². The molecule has 122 valence electrons. The molecule has 0 aliphatic carbocycles. The van der Waals surface area contributed by atoms with E-state index in [0.717, 1.165) is 16.6 Å². The third kappa shape index (κ3) is 2.53. The lowest BCUT2D eigenvalue weighted by Crippen LogP contribution is -2.55. The molecule has 2 bridgehead atoms. The molecule has 5 nitrogen and oxygen atoms in total. The number of hydrogen-bond donors (Lipinski definition) is 1. The van der Waals surface area contributed by atoms with Crippen LogP contribution in [0.2, 0.25) is 0 Å². The Labute approximate surface area is 154 Å². The molecule has 2 aliphatic heterocycles. The van der Waals surface area contributed by atoms with Gasteiger partial charge in [0.2, 0.25) is 0 Å². The van der Waals surface area contributed by atoms with Crippen LogP contribution in [0.5, 0.6) is 0 Å². The molecule has 0 spiro atoms. The second-order valence-corrected chi connectivity index (χ2v) is 5.43. The minimum Gasteiger partial charge on any atom is -0.348 e. The molecular weight excluding hydrogens is 288 g/mol. The number of fused-ring (bicyclic) bond motifs is 3. The summed E-state index contributed by atoms with van der Waals surface area (Å²) in [5, 5.41) is 6.05. The fraction of sp³-hybridized carbons (Fsp3) is 0.556. The van der Waals surface area contributed by atoms with Crippen LogP contribution in [0, 0.1) is 0 Å². The van der Waals surface area contributed by atoms with E-state index in [1.165, 1.54) is 7.05 Å². The third-order valence-corrected chi connectivity index (χ3v) is 3.97. The van der Waals surface area contributed by atoms with Crippen LogP contribution in [0.4, 0.5) is 0 Å². The van der Waals surface area contributed by atoms with Gasteiger partial charge in [-0.3, -0.25) is 9.48 Å². The minimum absolute atomic E-state index is 0.0692. The first-order valence-corrected chi connectivity index (χ1v) is 7.11. The summed E-state index contributed by atoms with van der Waals surface area (Å²) in [5.41, 5.74) is -0.533. The van der Waals surface area contributed by atoms with Crippen LogP contribution in [0.15, 0.2) is 24.2 Å². The molecule has 0 saturated carbocycles. The highest BCUT2D eigenvalue weighted by molar-refractivity contribution is 6.04. The van der Waals surface area contributed by atoms with Crippen LogP contribution in [0.25, 0.3) is 10.9 Å². The molecule has 1 aromatic heterocycles. The van der Waals surface area contributed by atoms with Gasteiger partial charge in [-0.15, -0.1) is 0 Å². The Kier molecular flexibility index (Phi) is 1.52. The highest BCUT2D eigenvalue weighted by atomic mass is 16.2. The molecule has 3 heterocycles. The lowest BCUT2D eigenvalue weighted by atomic mass is 9.82. The highest BCUT2D eigenvalue weighted by Gasteiger charge is 2.36. The summed E-state index contributed by atoms with van der Waals surface area (Å²) >= 11 is 0. The lowest BCUT2D eigenvalue weighted by molar-refractivity contribution is 0.0462. The maximum absolute atomic E-state index is 13.3. The van der Waals surface area contributed by atoms with Crippen molar-refractivity contribution in [3.05, 3.63) is 29.9 Å². The van der Waals surface area contributed by atoms with E-state index >= 15 is 0 Å². The van der Waals surface area contributed by atoms with Gasteiger partial charge in [-0.05, 0) is 38.7 Å². The molecule has 1 N–H and O–H groups in total. The van der Waals surface area contributed by atoms with Crippen molar-refractivity contribution >= 4 is 16.8 Å². The summed E-state index contributed by atoms with van der Waals surface area (Å²) in [5.74, 6) is -1.10. The van der Waals surface area contributed by atoms with Gasteiger partial charge in [0.25, 0.3) is 5.91 Å². The number of piperidine rings is 2. The quantitative estimate of drug-likeness (QED) is 0.922. The van der Waals surface area contributed by atoms with E-state index in [0.29, 0.717) is 0 Å². The summed E-state index contributed by atoms with van der Waals surface area (Å²) in [6.07, 6.45) is -11.3. The van der Waals surface area contributed by atoms with Gasteiger partial charge in [-0.2, -0.15) is 5.10 Å². The zero-order valence-corrected chi connectivity index (χ0v) is 12.7. The third-order valence-electron chi connectivity index (χ3n) is 3.97. The first-order chi connectivity index (χ1) is 16.1. The standard InChI is InChI=1S/C18H24N4O/c1-21-13-6-5-7-14(21)11-12(10-13)19-18(23)17-15-8-3-4-9-16(15)22(2)20-17/h3-4,8-9,12-14H,5-7,10-11H2,1-2H3,(H,19,23)/t13-,14-/m1/s1/i3D,4D,5D2,6D2,7D2,8D,9D,12D,13D,14D. The van der Waals surface area contributed by atoms with Crippen molar-refractivity contribution < 1.29 is 22.6 Å². The number of nitrogens with zero attached hydrogens (tertiary/aromatic N) is 3.